The molecule has 6 heteroatoms. The van der Waals surface area contributed by atoms with Gasteiger partial charge in [-0.15, -0.1) is 5.10 Å². The highest BCUT2D eigenvalue weighted by Crippen LogP contribution is 2.34. The van der Waals surface area contributed by atoms with Crippen LogP contribution in [0.1, 0.15) is 32.6 Å². The molecule has 90 valence electrons. The van der Waals surface area contributed by atoms with Gasteiger partial charge in [0.15, 0.2) is 0 Å². The van der Waals surface area contributed by atoms with Crippen molar-refractivity contribution in [1.82, 2.24) is 20.2 Å². The van der Waals surface area contributed by atoms with Crippen molar-refractivity contribution in [2.75, 3.05) is 6.61 Å². The monoisotopic (exact) mass is 242 g/mol. The minimum atomic E-state index is 0.0836. The topological polar surface area (TPSA) is 63.8 Å². The average Bonchev–Trinajstić information content (AvgIpc) is 2.70. The summed E-state index contributed by atoms with van der Waals surface area (Å²) in [5.74, 6) is 0.866. The Morgan fingerprint density at radius 1 is 1.38 bits per heavy atom. The number of hydrogen-bond acceptors (Lipinski definition) is 5. The van der Waals surface area contributed by atoms with Crippen LogP contribution < -0.4 is 0 Å². The number of aliphatic hydroxyl groups is 1. The number of hydrogen-bond donors (Lipinski definition) is 1. The maximum Gasteiger partial charge on any atom is 0.209 e. The molecule has 0 aromatic carbocycles. The summed E-state index contributed by atoms with van der Waals surface area (Å²) in [4.78, 5) is 0. The van der Waals surface area contributed by atoms with E-state index in [4.69, 9.17) is 5.11 Å². The van der Waals surface area contributed by atoms with Crippen LogP contribution in [-0.4, -0.2) is 37.2 Å². The van der Waals surface area contributed by atoms with Gasteiger partial charge in [0.05, 0.1) is 13.2 Å². The molecule has 2 rings (SSSR count). The van der Waals surface area contributed by atoms with E-state index in [2.05, 4.69) is 22.4 Å². The van der Waals surface area contributed by atoms with Crippen LogP contribution in [0.5, 0.6) is 0 Å². The summed E-state index contributed by atoms with van der Waals surface area (Å²) in [6.07, 6.45) is 5.11. The molecule has 1 aliphatic carbocycles. The maximum atomic E-state index is 8.88. The maximum absolute atomic E-state index is 8.88. The molecule has 0 amide bonds. The van der Waals surface area contributed by atoms with Gasteiger partial charge in [-0.2, -0.15) is 0 Å². The molecule has 5 nitrogen and oxygen atoms in total. The van der Waals surface area contributed by atoms with Gasteiger partial charge in [0.1, 0.15) is 0 Å². The molecule has 0 saturated heterocycles. The summed E-state index contributed by atoms with van der Waals surface area (Å²) < 4.78 is 1.68. The molecule has 0 atom stereocenters. The summed E-state index contributed by atoms with van der Waals surface area (Å²) >= 11 is 1.76. The third-order valence-corrected chi connectivity index (χ3v) is 4.35. The van der Waals surface area contributed by atoms with Crippen molar-refractivity contribution in [2.24, 2.45) is 5.92 Å². The fourth-order valence-electron chi connectivity index (χ4n) is 2.01. The minimum absolute atomic E-state index is 0.0836. The van der Waals surface area contributed by atoms with E-state index >= 15 is 0 Å². The zero-order valence-electron chi connectivity index (χ0n) is 9.54. The van der Waals surface area contributed by atoms with Gasteiger partial charge in [-0.05, 0) is 42.0 Å². The summed E-state index contributed by atoms with van der Waals surface area (Å²) in [6.45, 7) is 2.88. The van der Waals surface area contributed by atoms with E-state index in [0.717, 1.165) is 11.1 Å². The first-order valence-corrected chi connectivity index (χ1v) is 6.71. The van der Waals surface area contributed by atoms with Crippen LogP contribution in [0.15, 0.2) is 5.16 Å². The molecule has 0 aliphatic heterocycles. The molecule has 0 spiro atoms. The molecule has 1 fully saturated rings. The number of aliphatic hydroxyl groups excluding tert-OH is 1. The Bertz CT molecular complexity index is 322. The van der Waals surface area contributed by atoms with Gasteiger partial charge in [-0.1, -0.05) is 18.7 Å². The lowest BCUT2D eigenvalue weighted by molar-refractivity contribution is 0.262. The molecule has 1 aromatic heterocycles. The van der Waals surface area contributed by atoms with E-state index in [1.165, 1.54) is 25.7 Å². The van der Waals surface area contributed by atoms with Gasteiger partial charge in [0, 0.05) is 5.25 Å². The van der Waals surface area contributed by atoms with E-state index in [1.807, 2.05) is 0 Å². The van der Waals surface area contributed by atoms with Crippen LogP contribution in [0, 0.1) is 5.92 Å². The van der Waals surface area contributed by atoms with Crippen LogP contribution in [0.25, 0.3) is 0 Å². The summed E-state index contributed by atoms with van der Waals surface area (Å²) in [7, 11) is 0. The zero-order valence-corrected chi connectivity index (χ0v) is 10.4. The lowest BCUT2D eigenvalue weighted by atomic mass is 9.91. The van der Waals surface area contributed by atoms with E-state index in [-0.39, 0.29) is 6.61 Å². The summed E-state index contributed by atoms with van der Waals surface area (Å²) in [5.41, 5.74) is 0. The average molecular weight is 242 g/mol. The van der Waals surface area contributed by atoms with Crippen LogP contribution in [0.2, 0.25) is 0 Å². The Labute approximate surface area is 99.6 Å². The SMILES string of the molecule is CC1CCC(Sc2nnnn2CCO)CC1. The molecular formula is C10H18N4OS. The second-order valence-corrected chi connectivity index (χ2v) is 5.68. The molecule has 1 aliphatic rings. The molecule has 1 N–H and O–H groups in total. The van der Waals surface area contributed by atoms with Crippen molar-refractivity contribution < 1.29 is 5.11 Å². The highest BCUT2D eigenvalue weighted by molar-refractivity contribution is 7.99. The van der Waals surface area contributed by atoms with Crippen molar-refractivity contribution in [3.63, 3.8) is 0 Å². The fourth-order valence-corrected chi connectivity index (χ4v) is 3.15. The fraction of sp³-hybridized carbons (Fsp3) is 0.900. The normalized spacial score (nSPS) is 25.9. The number of nitrogens with zero attached hydrogens (tertiary/aromatic N) is 4. The predicted molar refractivity (Wildman–Crippen MR) is 62.2 cm³/mol. The van der Waals surface area contributed by atoms with Crippen molar-refractivity contribution >= 4 is 11.8 Å². The van der Waals surface area contributed by atoms with Crippen molar-refractivity contribution in [3.05, 3.63) is 0 Å². The predicted octanol–water partition coefficient (Wildman–Crippen LogP) is 1.34. The standard InChI is InChI=1S/C10H18N4OS/c1-8-2-4-9(5-3-8)16-10-11-12-13-14(10)6-7-15/h8-9,15H,2-7H2,1H3. The van der Waals surface area contributed by atoms with Gasteiger partial charge in [-0.25, -0.2) is 4.68 Å². The second-order valence-electron chi connectivity index (χ2n) is 4.41. The minimum Gasteiger partial charge on any atom is -0.394 e. The third-order valence-electron chi connectivity index (χ3n) is 3.05. The highest BCUT2D eigenvalue weighted by Gasteiger charge is 2.21. The van der Waals surface area contributed by atoms with Gasteiger partial charge in [0.25, 0.3) is 0 Å². The van der Waals surface area contributed by atoms with Crippen molar-refractivity contribution in [1.29, 1.82) is 0 Å². The lowest BCUT2D eigenvalue weighted by Crippen LogP contribution is -2.15. The first kappa shape index (κ1) is 11.9. The van der Waals surface area contributed by atoms with Gasteiger partial charge >= 0.3 is 0 Å². The Morgan fingerprint density at radius 2 is 2.12 bits per heavy atom. The second kappa shape index (κ2) is 5.63. The lowest BCUT2D eigenvalue weighted by Gasteiger charge is -2.24. The van der Waals surface area contributed by atoms with E-state index < -0.39 is 0 Å². The highest BCUT2D eigenvalue weighted by atomic mass is 32.2. The molecule has 0 bridgehead atoms. The van der Waals surface area contributed by atoms with Gasteiger partial charge < -0.3 is 5.11 Å². The van der Waals surface area contributed by atoms with E-state index in [1.54, 1.807) is 16.4 Å². The van der Waals surface area contributed by atoms with Crippen LogP contribution >= 0.6 is 11.8 Å². The third kappa shape index (κ3) is 2.95. The number of thioether (sulfide) groups is 1. The molecule has 0 radical (unpaired) electrons. The van der Waals surface area contributed by atoms with Crippen LogP contribution in [0.3, 0.4) is 0 Å². The zero-order chi connectivity index (χ0) is 11.4. The van der Waals surface area contributed by atoms with E-state index in [0.29, 0.717) is 11.8 Å². The Kier molecular flexibility index (Phi) is 4.17. The van der Waals surface area contributed by atoms with Crippen LogP contribution in [-0.2, 0) is 6.54 Å². The molecule has 1 saturated carbocycles. The van der Waals surface area contributed by atoms with Crippen molar-refractivity contribution in [2.45, 2.75) is 49.6 Å². The van der Waals surface area contributed by atoms with Crippen molar-refractivity contribution in [3.8, 4) is 0 Å². The summed E-state index contributed by atoms with van der Waals surface area (Å²) in [5, 5.41) is 21.9. The molecule has 0 unspecified atom stereocenters. The first-order chi connectivity index (χ1) is 7.79. The molecule has 1 aromatic rings. The number of tetrazole rings is 1. The Balaban J connectivity index is 1.90. The van der Waals surface area contributed by atoms with Crippen LogP contribution in [0.4, 0.5) is 0 Å². The largest absolute Gasteiger partial charge is 0.394 e. The number of rotatable bonds is 4. The van der Waals surface area contributed by atoms with Gasteiger partial charge in [0.2, 0.25) is 5.16 Å². The molecule has 16 heavy (non-hydrogen) atoms. The molecule has 1 heterocycles. The number of aromatic nitrogens is 4. The Hall–Kier alpha value is -0.620. The van der Waals surface area contributed by atoms with Gasteiger partial charge in [-0.3, -0.25) is 0 Å². The quantitative estimate of drug-likeness (QED) is 0.863. The summed E-state index contributed by atoms with van der Waals surface area (Å²) in [6, 6.07) is 0. The first-order valence-electron chi connectivity index (χ1n) is 5.83. The smallest absolute Gasteiger partial charge is 0.209 e. The Morgan fingerprint density at radius 3 is 2.81 bits per heavy atom. The van der Waals surface area contributed by atoms with E-state index in [9.17, 15) is 0 Å². The molecular weight excluding hydrogens is 224 g/mol.